The molecule has 3 rings (SSSR count). The number of ether oxygens (including phenoxy) is 2. The van der Waals surface area contributed by atoms with E-state index in [1.165, 1.54) is 0 Å². The molecule has 0 saturated carbocycles. The van der Waals surface area contributed by atoms with Crippen molar-refractivity contribution >= 4 is 11.8 Å². The molecule has 0 fully saturated rings. The Morgan fingerprint density at radius 1 is 0.795 bits per heavy atom. The smallest absolute Gasteiger partial charge is 0.243 e. The second-order valence-electron chi connectivity index (χ2n) is 10.00. The summed E-state index contributed by atoms with van der Waals surface area (Å²) in [5.41, 5.74) is 2.99. The highest BCUT2D eigenvalue weighted by atomic mass is 16.5. The van der Waals surface area contributed by atoms with Crippen LogP contribution in [-0.2, 0) is 29.0 Å². The van der Waals surface area contributed by atoms with Crippen LogP contribution in [0.4, 0.5) is 0 Å². The molecule has 6 nitrogen and oxygen atoms in total. The first-order chi connectivity index (χ1) is 18.9. The van der Waals surface area contributed by atoms with Crippen molar-refractivity contribution in [2.45, 2.75) is 59.5 Å². The molecule has 3 aromatic carbocycles. The van der Waals surface area contributed by atoms with Gasteiger partial charge in [0.25, 0.3) is 0 Å². The number of amides is 2. The van der Waals surface area contributed by atoms with E-state index in [-0.39, 0.29) is 18.2 Å². The van der Waals surface area contributed by atoms with Crippen LogP contribution in [0.25, 0.3) is 0 Å². The van der Waals surface area contributed by atoms with Crippen LogP contribution in [0, 0.1) is 5.92 Å². The molecule has 0 spiro atoms. The average molecular weight is 531 g/mol. The van der Waals surface area contributed by atoms with Crippen LogP contribution in [0.1, 0.15) is 50.8 Å². The standard InChI is InChI=1S/C33H42N2O4/c1-5-38-30-19-17-27(22-31(30)39-6-2)18-20-32(36)35(24-28-15-11-8-12-16-28)29(33(37)34-23-25(3)4)21-26-13-9-7-10-14-26/h7-17,19,22,25,29H,5-6,18,20-21,23-24H2,1-4H3,(H,34,37)/t29-/m1/s1. The van der Waals surface area contributed by atoms with Gasteiger partial charge in [0.1, 0.15) is 6.04 Å². The molecule has 208 valence electrons. The maximum atomic E-state index is 13.9. The summed E-state index contributed by atoms with van der Waals surface area (Å²) < 4.78 is 11.5. The Hall–Kier alpha value is -3.80. The Morgan fingerprint density at radius 2 is 1.41 bits per heavy atom. The Bertz CT molecular complexity index is 1160. The van der Waals surface area contributed by atoms with E-state index in [0.29, 0.717) is 56.6 Å². The maximum absolute atomic E-state index is 13.9. The molecule has 0 saturated heterocycles. The monoisotopic (exact) mass is 530 g/mol. The molecule has 0 unspecified atom stereocenters. The van der Waals surface area contributed by atoms with Crippen molar-refractivity contribution in [1.29, 1.82) is 0 Å². The summed E-state index contributed by atoms with van der Waals surface area (Å²) in [6.07, 6.45) is 1.25. The van der Waals surface area contributed by atoms with Crippen LogP contribution in [0.5, 0.6) is 11.5 Å². The molecule has 0 heterocycles. The molecule has 1 N–H and O–H groups in total. The molecular formula is C33H42N2O4. The lowest BCUT2D eigenvalue weighted by atomic mass is 10.0. The third-order valence-electron chi connectivity index (χ3n) is 6.39. The van der Waals surface area contributed by atoms with Crippen molar-refractivity contribution in [3.63, 3.8) is 0 Å². The van der Waals surface area contributed by atoms with E-state index in [9.17, 15) is 9.59 Å². The van der Waals surface area contributed by atoms with E-state index < -0.39 is 6.04 Å². The Kier molecular flexibility index (Phi) is 11.9. The van der Waals surface area contributed by atoms with Gasteiger partial charge < -0.3 is 19.7 Å². The van der Waals surface area contributed by atoms with Gasteiger partial charge in [0.05, 0.1) is 13.2 Å². The predicted molar refractivity (Wildman–Crippen MR) is 156 cm³/mol. The highest BCUT2D eigenvalue weighted by molar-refractivity contribution is 5.88. The molecule has 3 aromatic rings. The number of nitrogens with zero attached hydrogens (tertiary/aromatic N) is 1. The van der Waals surface area contributed by atoms with Gasteiger partial charge in [-0.2, -0.15) is 0 Å². The predicted octanol–water partition coefficient (Wildman–Crippen LogP) is 5.83. The van der Waals surface area contributed by atoms with Crippen molar-refractivity contribution in [1.82, 2.24) is 10.2 Å². The van der Waals surface area contributed by atoms with Crippen LogP contribution in [-0.4, -0.2) is 42.5 Å². The lowest BCUT2D eigenvalue weighted by Gasteiger charge is -2.32. The van der Waals surface area contributed by atoms with Crippen molar-refractivity contribution in [2.24, 2.45) is 5.92 Å². The van der Waals surface area contributed by atoms with Crippen LogP contribution in [0.15, 0.2) is 78.9 Å². The first-order valence-electron chi connectivity index (χ1n) is 13.9. The van der Waals surface area contributed by atoms with Gasteiger partial charge in [0.2, 0.25) is 11.8 Å². The molecule has 1 atom stereocenters. The molecule has 0 aliphatic carbocycles. The molecule has 0 aliphatic rings. The molecule has 6 heteroatoms. The third kappa shape index (κ3) is 9.47. The van der Waals surface area contributed by atoms with Gasteiger partial charge in [-0.1, -0.05) is 80.6 Å². The van der Waals surface area contributed by atoms with Crippen molar-refractivity contribution < 1.29 is 19.1 Å². The zero-order valence-corrected chi connectivity index (χ0v) is 23.7. The first-order valence-corrected chi connectivity index (χ1v) is 13.9. The summed E-state index contributed by atoms with van der Waals surface area (Å²) in [6, 6.07) is 24.9. The summed E-state index contributed by atoms with van der Waals surface area (Å²) in [4.78, 5) is 29.2. The van der Waals surface area contributed by atoms with Crippen molar-refractivity contribution in [3.05, 3.63) is 95.6 Å². The minimum Gasteiger partial charge on any atom is -0.490 e. The van der Waals surface area contributed by atoms with Crippen LogP contribution >= 0.6 is 0 Å². The molecule has 0 bridgehead atoms. The third-order valence-corrected chi connectivity index (χ3v) is 6.39. The largest absolute Gasteiger partial charge is 0.490 e. The Morgan fingerprint density at radius 3 is 2.03 bits per heavy atom. The average Bonchev–Trinajstić information content (AvgIpc) is 2.95. The minimum atomic E-state index is -0.627. The maximum Gasteiger partial charge on any atom is 0.243 e. The van der Waals surface area contributed by atoms with Crippen LogP contribution in [0.2, 0.25) is 0 Å². The first kappa shape index (κ1) is 29.8. The van der Waals surface area contributed by atoms with Gasteiger partial charge >= 0.3 is 0 Å². The number of aryl methyl sites for hydroxylation is 1. The lowest BCUT2D eigenvalue weighted by molar-refractivity contribution is -0.141. The van der Waals surface area contributed by atoms with E-state index >= 15 is 0 Å². The SMILES string of the molecule is CCOc1ccc(CCC(=O)N(Cc2ccccc2)[C@H](Cc2ccccc2)C(=O)NCC(C)C)cc1OCC. The van der Waals surface area contributed by atoms with Crippen molar-refractivity contribution in [2.75, 3.05) is 19.8 Å². The summed E-state index contributed by atoms with van der Waals surface area (Å²) in [5, 5.41) is 3.07. The lowest BCUT2D eigenvalue weighted by Crippen LogP contribution is -2.51. The summed E-state index contributed by atoms with van der Waals surface area (Å²) in [7, 11) is 0. The molecule has 39 heavy (non-hydrogen) atoms. The van der Waals surface area contributed by atoms with Gasteiger partial charge in [-0.05, 0) is 55.0 Å². The summed E-state index contributed by atoms with van der Waals surface area (Å²) >= 11 is 0. The van der Waals surface area contributed by atoms with Crippen LogP contribution < -0.4 is 14.8 Å². The number of hydrogen-bond acceptors (Lipinski definition) is 4. The normalized spacial score (nSPS) is 11.6. The Balaban J connectivity index is 1.87. The molecule has 0 aromatic heterocycles. The van der Waals surface area contributed by atoms with E-state index in [2.05, 4.69) is 19.2 Å². The van der Waals surface area contributed by atoms with E-state index in [1.54, 1.807) is 4.90 Å². The Labute approximate surface area is 233 Å². The zero-order valence-electron chi connectivity index (χ0n) is 23.7. The summed E-state index contributed by atoms with van der Waals surface area (Å²) in [5.74, 6) is 1.50. The fourth-order valence-electron chi connectivity index (χ4n) is 4.40. The van der Waals surface area contributed by atoms with Gasteiger partial charge in [0, 0.05) is 25.9 Å². The second kappa shape index (κ2) is 15.6. The molecule has 0 radical (unpaired) electrons. The number of nitrogens with one attached hydrogen (secondary N) is 1. The fraction of sp³-hybridized carbons (Fsp3) is 0.394. The molecule has 2 amide bonds. The minimum absolute atomic E-state index is 0.0636. The van der Waals surface area contributed by atoms with Gasteiger partial charge in [-0.15, -0.1) is 0 Å². The van der Waals surface area contributed by atoms with Crippen LogP contribution in [0.3, 0.4) is 0 Å². The fourth-order valence-corrected chi connectivity index (χ4v) is 4.40. The summed E-state index contributed by atoms with van der Waals surface area (Å²) in [6.45, 7) is 9.99. The van der Waals surface area contributed by atoms with E-state index in [4.69, 9.17) is 9.47 Å². The van der Waals surface area contributed by atoms with E-state index in [1.807, 2.05) is 92.7 Å². The van der Waals surface area contributed by atoms with Gasteiger partial charge in [0.15, 0.2) is 11.5 Å². The second-order valence-corrected chi connectivity index (χ2v) is 10.00. The zero-order chi connectivity index (χ0) is 28.0. The number of carbonyl (C=O) groups excluding carboxylic acids is 2. The number of carbonyl (C=O) groups is 2. The van der Waals surface area contributed by atoms with Gasteiger partial charge in [-0.3, -0.25) is 9.59 Å². The van der Waals surface area contributed by atoms with E-state index in [0.717, 1.165) is 16.7 Å². The highest BCUT2D eigenvalue weighted by Gasteiger charge is 2.30. The molecule has 0 aliphatic heterocycles. The number of rotatable bonds is 15. The highest BCUT2D eigenvalue weighted by Crippen LogP contribution is 2.29. The van der Waals surface area contributed by atoms with Crippen molar-refractivity contribution in [3.8, 4) is 11.5 Å². The van der Waals surface area contributed by atoms with Gasteiger partial charge in [-0.25, -0.2) is 0 Å². The topological polar surface area (TPSA) is 67.9 Å². The number of hydrogen-bond donors (Lipinski definition) is 1. The quantitative estimate of drug-likeness (QED) is 0.269. The molecular weight excluding hydrogens is 488 g/mol. The number of benzene rings is 3.